The zero-order valence-electron chi connectivity index (χ0n) is 16.4. The van der Waals surface area contributed by atoms with Crippen molar-refractivity contribution in [2.75, 3.05) is 6.54 Å². The fourth-order valence-electron chi connectivity index (χ4n) is 3.78. The molecule has 30 heavy (non-hydrogen) atoms. The summed E-state index contributed by atoms with van der Waals surface area (Å²) in [6.45, 7) is 2.97. The first kappa shape index (κ1) is 18.1. The Hall–Kier alpha value is -3.94. The van der Waals surface area contributed by atoms with Gasteiger partial charge in [-0.15, -0.1) is 0 Å². The van der Waals surface area contributed by atoms with Crippen molar-refractivity contribution in [3.63, 3.8) is 0 Å². The van der Waals surface area contributed by atoms with Crippen LogP contribution in [0.5, 0.6) is 0 Å². The molecule has 0 fully saturated rings. The predicted molar refractivity (Wildman–Crippen MR) is 111 cm³/mol. The third-order valence-electron chi connectivity index (χ3n) is 5.35. The van der Waals surface area contributed by atoms with E-state index in [9.17, 15) is 9.59 Å². The average Bonchev–Trinajstić information content (AvgIpc) is 3.39. The van der Waals surface area contributed by atoms with Gasteiger partial charge in [0.25, 0.3) is 11.5 Å². The molecule has 5 rings (SSSR count). The Labute approximate surface area is 172 Å². The third-order valence-corrected chi connectivity index (χ3v) is 5.35. The lowest BCUT2D eigenvalue weighted by Gasteiger charge is -2.32. The Morgan fingerprint density at radius 3 is 2.47 bits per heavy atom. The molecule has 1 aliphatic rings. The van der Waals surface area contributed by atoms with Gasteiger partial charge in [-0.3, -0.25) is 14.7 Å². The summed E-state index contributed by atoms with van der Waals surface area (Å²) in [6, 6.07) is 20.0. The third kappa shape index (κ3) is 3.02. The number of nitrogens with zero attached hydrogens (tertiary/aromatic N) is 5. The second-order valence-corrected chi connectivity index (χ2v) is 7.24. The van der Waals surface area contributed by atoms with Crippen LogP contribution in [0.25, 0.3) is 17.1 Å². The van der Waals surface area contributed by atoms with E-state index in [1.165, 1.54) is 10.7 Å². The van der Waals surface area contributed by atoms with Crippen LogP contribution in [0.3, 0.4) is 0 Å². The minimum absolute atomic E-state index is 0.232. The van der Waals surface area contributed by atoms with E-state index in [4.69, 9.17) is 0 Å². The minimum Gasteiger partial charge on any atom is -0.326 e. The molecule has 2 aromatic carbocycles. The summed E-state index contributed by atoms with van der Waals surface area (Å²) in [5.74, 6) is 1.15. The Morgan fingerprint density at radius 1 is 1.03 bits per heavy atom. The molecule has 0 aliphatic carbocycles. The summed E-state index contributed by atoms with van der Waals surface area (Å²) in [4.78, 5) is 32.0. The van der Waals surface area contributed by atoms with Crippen molar-refractivity contribution in [3.05, 3.63) is 88.6 Å². The highest BCUT2D eigenvalue weighted by Crippen LogP contribution is 2.27. The molecular formula is C22H20N6O2. The Morgan fingerprint density at radius 2 is 1.73 bits per heavy atom. The first-order valence-corrected chi connectivity index (χ1v) is 9.80. The minimum atomic E-state index is -0.274. The lowest BCUT2D eigenvalue weighted by atomic mass is 10.2. The zero-order valence-corrected chi connectivity index (χ0v) is 16.4. The number of hydrogen-bond donors (Lipinski definition) is 1. The van der Waals surface area contributed by atoms with Crippen molar-refractivity contribution in [1.29, 1.82) is 0 Å². The monoisotopic (exact) mass is 400 g/mol. The van der Waals surface area contributed by atoms with E-state index in [1.54, 1.807) is 4.90 Å². The summed E-state index contributed by atoms with van der Waals surface area (Å²) in [5, 5.41) is 7.54. The lowest BCUT2D eigenvalue weighted by Crippen LogP contribution is -2.41. The summed E-state index contributed by atoms with van der Waals surface area (Å²) in [6.07, 6.45) is 0. The second kappa shape index (κ2) is 7.14. The van der Waals surface area contributed by atoms with Gasteiger partial charge >= 0.3 is 0 Å². The standard InChI is InChI=1S/C22H20N6O2/c1-15-21-23-20(16-8-4-2-5-9-16)25-27(21)13-12-26(15)22(30)18-14-19(29)28(24-18)17-10-6-3-7-11-17/h2-11,14-15,24H,12-13H2,1H3/t15-/m0/s1. The summed E-state index contributed by atoms with van der Waals surface area (Å²) in [7, 11) is 0. The van der Waals surface area contributed by atoms with Crippen LogP contribution >= 0.6 is 0 Å². The molecule has 0 radical (unpaired) electrons. The Bertz CT molecular complexity index is 1260. The number of rotatable bonds is 3. The number of benzene rings is 2. The normalized spacial score (nSPS) is 15.8. The molecule has 0 bridgehead atoms. The van der Waals surface area contributed by atoms with Gasteiger partial charge in [0.15, 0.2) is 5.82 Å². The summed E-state index contributed by atoms with van der Waals surface area (Å²) in [5.41, 5.74) is 1.60. The first-order valence-electron chi connectivity index (χ1n) is 9.80. The molecule has 1 atom stereocenters. The quantitative estimate of drug-likeness (QED) is 0.573. The van der Waals surface area contributed by atoms with Crippen LogP contribution < -0.4 is 5.56 Å². The first-order chi connectivity index (χ1) is 14.6. The van der Waals surface area contributed by atoms with Gasteiger partial charge in [-0.2, -0.15) is 5.10 Å². The van der Waals surface area contributed by atoms with Gasteiger partial charge < -0.3 is 4.90 Å². The number of nitrogens with one attached hydrogen (secondary N) is 1. The molecule has 8 nitrogen and oxygen atoms in total. The highest BCUT2D eigenvalue weighted by molar-refractivity contribution is 5.92. The topological polar surface area (TPSA) is 88.8 Å². The van der Waals surface area contributed by atoms with Crippen LogP contribution in [0.1, 0.15) is 29.3 Å². The molecule has 0 unspecified atom stereocenters. The molecule has 1 aliphatic heterocycles. The van der Waals surface area contributed by atoms with E-state index in [2.05, 4.69) is 15.2 Å². The van der Waals surface area contributed by atoms with Gasteiger partial charge in [0.1, 0.15) is 11.5 Å². The van der Waals surface area contributed by atoms with Crippen LogP contribution in [0.15, 0.2) is 71.5 Å². The molecule has 0 saturated heterocycles. The van der Waals surface area contributed by atoms with E-state index < -0.39 is 0 Å². The highest BCUT2D eigenvalue weighted by Gasteiger charge is 2.32. The molecule has 0 spiro atoms. The van der Waals surface area contributed by atoms with Gasteiger partial charge in [-0.25, -0.2) is 14.3 Å². The van der Waals surface area contributed by atoms with E-state index in [0.29, 0.717) is 24.6 Å². The number of aromatic nitrogens is 5. The summed E-state index contributed by atoms with van der Waals surface area (Å²) >= 11 is 0. The van der Waals surface area contributed by atoms with E-state index in [-0.39, 0.29) is 23.2 Å². The van der Waals surface area contributed by atoms with Crippen LogP contribution in [0, 0.1) is 0 Å². The fraction of sp³-hybridized carbons (Fsp3) is 0.182. The predicted octanol–water partition coefficient (Wildman–Crippen LogP) is 2.64. The molecule has 2 aromatic heterocycles. The maximum atomic E-state index is 13.2. The lowest BCUT2D eigenvalue weighted by molar-refractivity contribution is 0.0624. The molecule has 0 saturated carbocycles. The van der Waals surface area contributed by atoms with Gasteiger partial charge in [0.2, 0.25) is 0 Å². The van der Waals surface area contributed by atoms with Crippen LogP contribution in [-0.2, 0) is 6.54 Å². The number of aromatic amines is 1. The fourth-order valence-corrected chi connectivity index (χ4v) is 3.78. The molecule has 3 heterocycles. The largest absolute Gasteiger partial charge is 0.326 e. The number of amides is 1. The molecule has 4 aromatic rings. The van der Waals surface area contributed by atoms with Gasteiger partial charge in [0.05, 0.1) is 18.3 Å². The number of H-pyrrole nitrogens is 1. The van der Waals surface area contributed by atoms with E-state index in [0.717, 1.165) is 11.4 Å². The van der Waals surface area contributed by atoms with Crippen LogP contribution in [0.2, 0.25) is 0 Å². The van der Waals surface area contributed by atoms with Crippen molar-refractivity contribution in [2.45, 2.75) is 19.5 Å². The maximum absolute atomic E-state index is 13.2. The molecule has 150 valence electrons. The Kier molecular flexibility index (Phi) is 4.31. The number of carbonyl (C=O) groups excluding carboxylic acids is 1. The Balaban J connectivity index is 1.43. The SMILES string of the molecule is C[C@H]1c2nc(-c3ccccc3)nn2CCN1C(=O)c1cc(=O)n(-c2ccccc2)[nH]1. The van der Waals surface area contributed by atoms with Crippen molar-refractivity contribution >= 4 is 5.91 Å². The number of fused-ring (bicyclic) bond motifs is 1. The number of para-hydroxylation sites is 1. The molecule has 1 N–H and O–H groups in total. The second-order valence-electron chi connectivity index (χ2n) is 7.24. The van der Waals surface area contributed by atoms with Gasteiger partial charge in [0, 0.05) is 18.2 Å². The zero-order chi connectivity index (χ0) is 20.7. The maximum Gasteiger partial charge on any atom is 0.272 e. The highest BCUT2D eigenvalue weighted by atomic mass is 16.2. The average molecular weight is 400 g/mol. The number of carbonyl (C=O) groups is 1. The van der Waals surface area contributed by atoms with Crippen LogP contribution in [0.4, 0.5) is 0 Å². The molecule has 8 heteroatoms. The van der Waals surface area contributed by atoms with Crippen molar-refractivity contribution in [2.24, 2.45) is 0 Å². The molecular weight excluding hydrogens is 380 g/mol. The number of hydrogen-bond acceptors (Lipinski definition) is 4. The van der Waals surface area contributed by atoms with Gasteiger partial charge in [-0.05, 0) is 19.1 Å². The van der Waals surface area contributed by atoms with Crippen molar-refractivity contribution < 1.29 is 4.79 Å². The van der Waals surface area contributed by atoms with Crippen molar-refractivity contribution in [1.82, 2.24) is 29.4 Å². The van der Waals surface area contributed by atoms with E-state index >= 15 is 0 Å². The van der Waals surface area contributed by atoms with Crippen molar-refractivity contribution in [3.8, 4) is 17.1 Å². The van der Waals surface area contributed by atoms with E-state index in [1.807, 2.05) is 72.3 Å². The van der Waals surface area contributed by atoms with Gasteiger partial charge in [-0.1, -0.05) is 48.5 Å². The molecule has 1 amide bonds. The van der Waals surface area contributed by atoms with Crippen LogP contribution in [-0.4, -0.2) is 41.9 Å². The smallest absolute Gasteiger partial charge is 0.272 e. The summed E-state index contributed by atoms with van der Waals surface area (Å²) < 4.78 is 3.23.